The van der Waals surface area contributed by atoms with Crippen molar-refractivity contribution in [3.8, 4) is 11.8 Å². The van der Waals surface area contributed by atoms with Crippen LogP contribution in [0, 0.1) is 17.8 Å². The number of piperidine rings is 1. The van der Waals surface area contributed by atoms with Crippen LogP contribution < -0.4 is 0 Å². The summed E-state index contributed by atoms with van der Waals surface area (Å²) in [6, 6.07) is 0.618. The van der Waals surface area contributed by atoms with Gasteiger partial charge in [-0.1, -0.05) is 19.3 Å². The van der Waals surface area contributed by atoms with Crippen LogP contribution in [-0.4, -0.2) is 35.2 Å². The number of likely N-dealkylation sites (tertiary alicyclic amines) is 1. The van der Waals surface area contributed by atoms with Gasteiger partial charge in [-0.2, -0.15) is 0 Å². The van der Waals surface area contributed by atoms with Gasteiger partial charge in [0.1, 0.15) is 0 Å². The van der Waals surface area contributed by atoms with E-state index in [4.69, 9.17) is 0 Å². The molecular formula is C16H27NO. The van der Waals surface area contributed by atoms with Crippen LogP contribution in [0.4, 0.5) is 0 Å². The number of hydrogen-bond acceptors (Lipinski definition) is 2. The van der Waals surface area contributed by atoms with Crippen molar-refractivity contribution in [2.45, 2.75) is 70.4 Å². The van der Waals surface area contributed by atoms with E-state index in [1.54, 1.807) is 0 Å². The lowest BCUT2D eigenvalue weighted by molar-refractivity contribution is -0.00470. The lowest BCUT2D eigenvalue weighted by Crippen LogP contribution is -2.48. The normalized spacial score (nSPS) is 33.8. The summed E-state index contributed by atoms with van der Waals surface area (Å²) in [5.74, 6) is 6.68. The molecule has 102 valence electrons. The molecule has 0 bridgehead atoms. The molecule has 0 radical (unpaired) electrons. The fourth-order valence-corrected chi connectivity index (χ4v) is 3.69. The summed E-state index contributed by atoms with van der Waals surface area (Å²) in [5, 5.41) is 10.3. The molecule has 3 atom stereocenters. The minimum Gasteiger partial charge on any atom is -0.393 e. The molecule has 1 heterocycles. The van der Waals surface area contributed by atoms with Gasteiger partial charge in [0, 0.05) is 24.9 Å². The van der Waals surface area contributed by atoms with E-state index in [9.17, 15) is 5.11 Å². The lowest BCUT2D eigenvalue weighted by atomic mass is 9.78. The van der Waals surface area contributed by atoms with E-state index in [-0.39, 0.29) is 6.10 Å². The summed E-state index contributed by atoms with van der Waals surface area (Å²) in [6.45, 7) is 4.21. The van der Waals surface area contributed by atoms with E-state index in [0.29, 0.717) is 12.0 Å². The van der Waals surface area contributed by atoms with Gasteiger partial charge in [-0.15, -0.1) is 11.8 Å². The number of nitrogens with zero attached hydrogens (tertiary/aromatic N) is 1. The molecule has 3 unspecified atom stereocenters. The Morgan fingerprint density at radius 1 is 1.11 bits per heavy atom. The topological polar surface area (TPSA) is 23.5 Å². The predicted octanol–water partition coefficient (Wildman–Crippen LogP) is 2.81. The summed E-state index contributed by atoms with van der Waals surface area (Å²) in [7, 11) is 0. The molecule has 2 heteroatoms. The standard InChI is InChI=1S/C16H27NO/c1-2-3-7-12-17-13-8-6-10-15(17)14-9-4-5-11-16(14)18/h14-16,18H,4-13H2,1H3. The Hall–Kier alpha value is -0.520. The second kappa shape index (κ2) is 7.16. The SMILES string of the molecule is CC#CCCN1CCCCC1C1CCCCC1O. The van der Waals surface area contributed by atoms with Crippen molar-refractivity contribution in [2.75, 3.05) is 13.1 Å². The highest BCUT2D eigenvalue weighted by molar-refractivity contribution is 4.97. The zero-order valence-electron chi connectivity index (χ0n) is 11.7. The smallest absolute Gasteiger partial charge is 0.0583 e. The fourth-order valence-electron chi connectivity index (χ4n) is 3.69. The fraction of sp³-hybridized carbons (Fsp3) is 0.875. The van der Waals surface area contributed by atoms with E-state index >= 15 is 0 Å². The Labute approximate surface area is 112 Å². The predicted molar refractivity (Wildman–Crippen MR) is 75.2 cm³/mol. The maximum absolute atomic E-state index is 10.3. The lowest BCUT2D eigenvalue weighted by Gasteiger charge is -2.43. The van der Waals surface area contributed by atoms with E-state index in [0.717, 1.165) is 19.4 Å². The van der Waals surface area contributed by atoms with E-state index in [1.807, 2.05) is 6.92 Å². The van der Waals surface area contributed by atoms with Crippen molar-refractivity contribution in [1.82, 2.24) is 4.90 Å². The van der Waals surface area contributed by atoms with Crippen molar-refractivity contribution in [3.05, 3.63) is 0 Å². The van der Waals surface area contributed by atoms with Crippen LogP contribution >= 0.6 is 0 Å². The molecule has 0 aromatic heterocycles. The largest absolute Gasteiger partial charge is 0.393 e. The zero-order valence-corrected chi connectivity index (χ0v) is 11.7. The van der Waals surface area contributed by atoms with Gasteiger partial charge in [-0.3, -0.25) is 4.90 Å². The molecule has 0 spiro atoms. The molecule has 1 saturated carbocycles. The molecule has 1 aliphatic carbocycles. The average Bonchev–Trinajstić information content (AvgIpc) is 2.40. The van der Waals surface area contributed by atoms with Gasteiger partial charge in [-0.05, 0) is 39.2 Å². The van der Waals surface area contributed by atoms with Crippen LogP contribution in [0.5, 0.6) is 0 Å². The van der Waals surface area contributed by atoms with Crippen LogP contribution in [0.15, 0.2) is 0 Å². The number of aliphatic hydroxyl groups is 1. The molecule has 1 aliphatic heterocycles. The summed E-state index contributed by atoms with van der Waals surface area (Å²) >= 11 is 0. The van der Waals surface area contributed by atoms with Crippen LogP contribution in [0.3, 0.4) is 0 Å². The van der Waals surface area contributed by atoms with Gasteiger partial charge in [0.2, 0.25) is 0 Å². The third-order valence-corrected chi connectivity index (χ3v) is 4.64. The number of hydrogen-bond donors (Lipinski definition) is 1. The summed E-state index contributed by atoms with van der Waals surface area (Å²) in [6.07, 6.45) is 9.62. The third kappa shape index (κ3) is 3.49. The molecular weight excluding hydrogens is 222 g/mol. The Morgan fingerprint density at radius 3 is 2.67 bits per heavy atom. The average molecular weight is 249 g/mol. The molecule has 0 aromatic carbocycles. The molecule has 0 amide bonds. The maximum atomic E-state index is 10.3. The monoisotopic (exact) mass is 249 g/mol. The van der Waals surface area contributed by atoms with Gasteiger partial charge in [0.05, 0.1) is 6.10 Å². The quantitative estimate of drug-likeness (QED) is 0.778. The molecule has 2 aliphatic rings. The van der Waals surface area contributed by atoms with E-state index in [2.05, 4.69) is 16.7 Å². The van der Waals surface area contributed by atoms with Crippen molar-refractivity contribution in [1.29, 1.82) is 0 Å². The van der Waals surface area contributed by atoms with Gasteiger partial charge in [0.25, 0.3) is 0 Å². The number of aliphatic hydroxyl groups excluding tert-OH is 1. The zero-order chi connectivity index (χ0) is 12.8. The maximum Gasteiger partial charge on any atom is 0.0583 e. The Kier molecular flexibility index (Phi) is 5.53. The Morgan fingerprint density at radius 2 is 1.89 bits per heavy atom. The van der Waals surface area contributed by atoms with E-state index < -0.39 is 0 Å². The van der Waals surface area contributed by atoms with Crippen molar-refractivity contribution in [3.63, 3.8) is 0 Å². The number of rotatable bonds is 3. The van der Waals surface area contributed by atoms with Crippen LogP contribution in [-0.2, 0) is 0 Å². The van der Waals surface area contributed by atoms with Crippen molar-refractivity contribution in [2.24, 2.45) is 5.92 Å². The van der Waals surface area contributed by atoms with Crippen LogP contribution in [0.2, 0.25) is 0 Å². The second-order valence-electron chi connectivity index (χ2n) is 5.79. The Bertz CT molecular complexity index is 304. The minimum atomic E-state index is -0.0541. The highest BCUT2D eigenvalue weighted by Crippen LogP contribution is 2.33. The Balaban J connectivity index is 1.94. The van der Waals surface area contributed by atoms with Gasteiger partial charge < -0.3 is 5.11 Å². The second-order valence-corrected chi connectivity index (χ2v) is 5.79. The van der Waals surface area contributed by atoms with Crippen molar-refractivity contribution >= 4 is 0 Å². The molecule has 1 saturated heterocycles. The first-order valence-electron chi connectivity index (χ1n) is 7.64. The van der Waals surface area contributed by atoms with Gasteiger partial charge in [-0.25, -0.2) is 0 Å². The molecule has 2 nitrogen and oxygen atoms in total. The highest BCUT2D eigenvalue weighted by atomic mass is 16.3. The third-order valence-electron chi connectivity index (χ3n) is 4.64. The molecule has 18 heavy (non-hydrogen) atoms. The van der Waals surface area contributed by atoms with Crippen LogP contribution in [0.25, 0.3) is 0 Å². The highest BCUT2D eigenvalue weighted by Gasteiger charge is 2.35. The van der Waals surface area contributed by atoms with Crippen molar-refractivity contribution < 1.29 is 5.11 Å². The minimum absolute atomic E-state index is 0.0541. The first-order valence-corrected chi connectivity index (χ1v) is 7.64. The molecule has 1 N–H and O–H groups in total. The summed E-state index contributed by atoms with van der Waals surface area (Å²) in [4.78, 5) is 2.60. The summed E-state index contributed by atoms with van der Waals surface area (Å²) < 4.78 is 0. The van der Waals surface area contributed by atoms with Crippen LogP contribution in [0.1, 0.15) is 58.3 Å². The first-order chi connectivity index (χ1) is 8.83. The summed E-state index contributed by atoms with van der Waals surface area (Å²) in [5.41, 5.74) is 0. The van der Waals surface area contributed by atoms with Gasteiger partial charge >= 0.3 is 0 Å². The first kappa shape index (κ1) is 13.9. The van der Waals surface area contributed by atoms with E-state index in [1.165, 1.54) is 45.1 Å². The molecule has 2 fully saturated rings. The molecule has 0 aromatic rings. The molecule has 2 rings (SSSR count). The van der Waals surface area contributed by atoms with Gasteiger partial charge in [0.15, 0.2) is 0 Å².